The number of furan rings is 1. The largest absolute Gasteiger partial charge is 0.459 e. The fourth-order valence-corrected chi connectivity index (χ4v) is 3.35. The molecule has 0 saturated heterocycles. The molecule has 0 aliphatic carbocycles. The molecule has 1 aromatic heterocycles. The van der Waals surface area contributed by atoms with Crippen molar-refractivity contribution in [3.8, 4) is 0 Å². The number of carbonyl (C=O) groups is 2. The van der Waals surface area contributed by atoms with E-state index in [0.29, 0.717) is 16.9 Å². The number of Topliss-reactive ketones (excluding diaryl/α,β-unsaturated/α-hetero) is 1. The summed E-state index contributed by atoms with van der Waals surface area (Å²) in [5.41, 5.74) is 4.54. The summed E-state index contributed by atoms with van der Waals surface area (Å²) in [7, 11) is 0. The Bertz CT molecular complexity index is 1310. The topological polar surface area (TPSA) is 96.1 Å². The summed E-state index contributed by atoms with van der Waals surface area (Å²) in [6, 6.07) is 25.2. The maximum absolute atomic E-state index is 13.2. The van der Waals surface area contributed by atoms with Gasteiger partial charge in [-0.25, -0.2) is 0 Å². The van der Waals surface area contributed by atoms with Crippen molar-refractivity contribution in [2.75, 3.05) is 5.32 Å². The van der Waals surface area contributed by atoms with Crippen LogP contribution in [0, 0.1) is 13.8 Å². The van der Waals surface area contributed by atoms with E-state index in [1.54, 1.807) is 36.4 Å². The van der Waals surface area contributed by atoms with E-state index in [9.17, 15) is 9.59 Å². The predicted octanol–water partition coefficient (Wildman–Crippen LogP) is 6.36. The van der Waals surface area contributed by atoms with Crippen molar-refractivity contribution in [2.45, 2.75) is 20.0 Å². The first-order chi connectivity index (χ1) is 16.5. The number of anilines is 1. The SMILES string of the molecule is Cc1ccccc1N=Nc1ccc(N[C@@H](NC(=O)c2ccco2)C(=O)c2ccccc2)cc1C. The van der Waals surface area contributed by atoms with Crippen molar-refractivity contribution in [1.82, 2.24) is 5.32 Å². The van der Waals surface area contributed by atoms with Gasteiger partial charge in [-0.3, -0.25) is 9.59 Å². The standard InChI is InChI=1S/C27H24N4O3/c1-18-9-6-7-12-22(18)30-31-23-15-14-21(17-19(23)2)28-26(25(32)20-10-4-3-5-11-20)29-27(33)24-13-8-16-34-24/h3-17,26,28H,1-2H3,(H,29,33)/t26-/m0/s1. The number of rotatable bonds is 8. The summed E-state index contributed by atoms with van der Waals surface area (Å²) in [5.74, 6) is -0.649. The van der Waals surface area contributed by atoms with E-state index in [2.05, 4.69) is 20.9 Å². The highest BCUT2D eigenvalue weighted by Gasteiger charge is 2.24. The Hall–Kier alpha value is -4.52. The van der Waals surface area contributed by atoms with E-state index in [1.165, 1.54) is 12.3 Å². The second-order valence-corrected chi connectivity index (χ2v) is 7.75. The Morgan fingerprint density at radius 3 is 2.18 bits per heavy atom. The van der Waals surface area contributed by atoms with Gasteiger partial charge in [0.1, 0.15) is 0 Å². The molecular weight excluding hydrogens is 428 g/mol. The van der Waals surface area contributed by atoms with Crippen LogP contribution < -0.4 is 10.6 Å². The van der Waals surface area contributed by atoms with Crippen molar-refractivity contribution in [3.05, 3.63) is 114 Å². The first-order valence-electron chi connectivity index (χ1n) is 10.8. The van der Waals surface area contributed by atoms with E-state index in [1.807, 2.05) is 56.3 Å². The number of amides is 1. The van der Waals surface area contributed by atoms with Gasteiger partial charge in [0.2, 0.25) is 5.78 Å². The zero-order valence-corrected chi connectivity index (χ0v) is 18.9. The lowest BCUT2D eigenvalue weighted by Gasteiger charge is -2.20. The minimum absolute atomic E-state index is 0.121. The molecule has 0 aliphatic heterocycles. The normalized spacial score (nSPS) is 11.8. The lowest BCUT2D eigenvalue weighted by molar-refractivity contribution is 0.0853. The Balaban J connectivity index is 1.55. The molecule has 1 heterocycles. The van der Waals surface area contributed by atoms with E-state index in [0.717, 1.165) is 16.8 Å². The van der Waals surface area contributed by atoms with Crippen LogP contribution in [0.5, 0.6) is 0 Å². The molecule has 34 heavy (non-hydrogen) atoms. The molecule has 4 aromatic rings. The Morgan fingerprint density at radius 2 is 1.50 bits per heavy atom. The van der Waals surface area contributed by atoms with E-state index in [4.69, 9.17) is 4.42 Å². The number of nitrogens with one attached hydrogen (secondary N) is 2. The summed E-state index contributed by atoms with van der Waals surface area (Å²) in [5, 5.41) is 14.6. The van der Waals surface area contributed by atoms with Crippen molar-refractivity contribution < 1.29 is 14.0 Å². The Morgan fingerprint density at radius 1 is 0.794 bits per heavy atom. The highest BCUT2D eigenvalue weighted by atomic mass is 16.3. The van der Waals surface area contributed by atoms with Crippen LogP contribution in [-0.4, -0.2) is 17.9 Å². The summed E-state index contributed by atoms with van der Waals surface area (Å²) in [6.45, 7) is 3.89. The zero-order chi connectivity index (χ0) is 23.9. The van der Waals surface area contributed by atoms with Crippen LogP contribution in [0.3, 0.4) is 0 Å². The van der Waals surface area contributed by atoms with Gasteiger partial charge in [-0.1, -0.05) is 48.5 Å². The fraction of sp³-hybridized carbons (Fsp3) is 0.111. The molecule has 1 amide bonds. The van der Waals surface area contributed by atoms with E-state index < -0.39 is 12.1 Å². The first-order valence-corrected chi connectivity index (χ1v) is 10.8. The summed E-state index contributed by atoms with van der Waals surface area (Å²) in [4.78, 5) is 25.7. The van der Waals surface area contributed by atoms with Crippen LogP contribution in [0.15, 0.2) is 106 Å². The van der Waals surface area contributed by atoms with Crippen molar-refractivity contribution in [3.63, 3.8) is 0 Å². The molecule has 0 unspecified atom stereocenters. The highest BCUT2D eigenvalue weighted by molar-refractivity contribution is 6.04. The van der Waals surface area contributed by atoms with Gasteiger partial charge in [0.25, 0.3) is 5.91 Å². The molecule has 0 aliphatic rings. The molecule has 7 heteroatoms. The molecule has 0 fully saturated rings. The maximum atomic E-state index is 13.2. The average Bonchev–Trinajstić information content (AvgIpc) is 3.39. The van der Waals surface area contributed by atoms with Gasteiger partial charge in [-0.2, -0.15) is 10.2 Å². The summed E-state index contributed by atoms with van der Waals surface area (Å²) >= 11 is 0. The molecule has 7 nitrogen and oxygen atoms in total. The van der Waals surface area contributed by atoms with Crippen LogP contribution in [0.25, 0.3) is 0 Å². The van der Waals surface area contributed by atoms with Crippen LogP contribution in [0.1, 0.15) is 32.0 Å². The number of hydrogen-bond acceptors (Lipinski definition) is 6. The molecule has 0 radical (unpaired) electrons. The number of azo groups is 1. The van der Waals surface area contributed by atoms with Crippen LogP contribution in [-0.2, 0) is 0 Å². The Kier molecular flexibility index (Phi) is 6.93. The number of benzene rings is 3. The number of carbonyl (C=O) groups excluding carboxylic acids is 2. The van der Waals surface area contributed by atoms with Gasteiger partial charge >= 0.3 is 0 Å². The third-order valence-electron chi connectivity index (χ3n) is 5.23. The molecule has 3 aromatic carbocycles. The lowest BCUT2D eigenvalue weighted by atomic mass is 10.1. The lowest BCUT2D eigenvalue weighted by Crippen LogP contribution is -2.46. The van der Waals surface area contributed by atoms with Gasteiger partial charge in [0.05, 0.1) is 17.6 Å². The van der Waals surface area contributed by atoms with Gasteiger partial charge < -0.3 is 15.1 Å². The fourth-order valence-electron chi connectivity index (χ4n) is 3.35. The number of hydrogen-bond donors (Lipinski definition) is 2. The molecule has 4 rings (SSSR count). The minimum Gasteiger partial charge on any atom is -0.459 e. The van der Waals surface area contributed by atoms with E-state index in [-0.39, 0.29) is 11.5 Å². The van der Waals surface area contributed by atoms with Gasteiger partial charge in [-0.15, -0.1) is 0 Å². The van der Waals surface area contributed by atoms with Crippen LogP contribution >= 0.6 is 0 Å². The first kappa shape index (κ1) is 22.7. The molecular formula is C27H24N4O3. The third-order valence-corrected chi connectivity index (χ3v) is 5.23. The molecule has 0 saturated carbocycles. The van der Waals surface area contributed by atoms with Crippen LogP contribution in [0.4, 0.5) is 17.1 Å². The van der Waals surface area contributed by atoms with Crippen LogP contribution in [0.2, 0.25) is 0 Å². The van der Waals surface area contributed by atoms with E-state index >= 15 is 0 Å². The summed E-state index contributed by atoms with van der Waals surface area (Å²) < 4.78 is 5.16. The van der Waals surface area contributed by atoms with Gasteiger partial charge in [0, 0.05) is 11.3 Å². The molecule has 2 N–H and O–H groups in total. The zero-order valence-electron chi connectivity index (χ0n) is 18.9. The number of aryl methyl sites for hydroxylation is 2. The van der Waals surface area contributed by atoms with Gasteiger partial charge in [0.15, 0.2) is 11.9 Å². The van der Waals surface area contributed by atoms with Crippen molar-refractivity contribution in [2.24, 2.45) is 10.2 Å². The van der Waals surface area contributed by atoms with Crippen molar-refractivity contribution in [1.29, 1.82) is 0 Å². The predicted molar refractivity (Wildman–Crippen MR) is 131 cm³/mol. The van der Waals surface area contributed by atoms with Gasteiger partial charge in [-0.05, 0) is 61.4 Å². The number of nitrogens with zero attached hydrogens (tertiary/aromatic N) is 2. The highest BCUT2D eigenvalue weighted by Crippen LogP contribution is 2.26. The maximum Gasteiger partial charge on any atom is 0.288 e. The molecule has 0 bridgehead atoms. The second kappa shape index (κ2) is 10.4. The second-order valence-electron chi connectivity index (χ2n) is 7.75. The minimum atomic E-state index is -1.00. The molecule has 1 atom stereocenters. The molecule has 170 valence electrons. The van der Waals surface area contributed by atoms with Crippen molar-refractivity contribution >= 4 is 28.8 Å². The summed E-state index contributed by atoms with van der Waals surface area (Å²) in [6.07, 6.45) is 0.406. The average molecular weight is 453 g/mol. The number of ketones is 1. The Labute approximate surface area is 197 Å². The third kappa shape index (κ3) is 5.45. The molecule has 0 spiro atoms. The quantitative estimate of drug-likeness (QED) is 0.185. The smallest absolute Gasteiger partial charge is 0.288 e. The monoisotopic (exact) mass is 452 g/mol.